The molecule has 0 unspecified atom stereocenters. The van der Waals surface area contributed by atoms with E-state index < -0.39 is 0 Å². The van der Waals surface area contributed by atoms with Crippen LogP contribution in [0.3, 0.4) is 0 Å². The minimum absolute atomic E-state index is 0.197. The Labute approximate surface area is 148 Å². The van der Waals surface area contributed by atoms with Gasteiger partial charge in [0.1, 0.15) is 6.61 Å². The normalized spacial score (nSPS) is 13.7. The number of pyridine rings is 1. The van der Waals surface area contributed by atoms with Gasteiger partial charge >= 0.3 is 6.09 Å². The third-order valence-corrected chi connectivity index (χ3v) is 4.22. The molecule has 1 aromatic heterocycles. The lowest BCUT2D eigenvalue weighted by molar-refractivity contribution is 0.102. The molecular formula is C19H15N3O4. The zero-order valence-corrected chi connectivity index (χ0v) is 13.7. The SMILES string of the molecule is O=C(Nc1cccc2[nH]c(=O)ccc12)c1ccc(N2CCOC2=O)cc1. The lowest BCUT2D eigenvalue weighted by Gasteiger charge is -2.13. The van der Waals surface area contributed by atoms with Gasteiger partial charge in [-0.3, -0.25) is 14.5 Å². The molecule has 7 heteroatoms. The number of carbonyl (C=O) groups excluding carboxylic acids is 2. The number of aromatic amines is 1. The Morgan fingerprint density at radius 2 is 1.85 bits per heavy atom. The summed E-state index contributed by atoms with van der Waals surface area (Å²) in [5, 5.41) is 3.60. The summed E-state index contributed by atoms with van der Waals surface area (Å²) in [5.41, 5.74) is 2.21. The molecular weight excluding hydrogens is 334 g/mol. The molecule has 2 amide bonds. The molecule has 1 aliphatic rings. The van der Waals surface area contributed by atoms with Crippen LogP contribution >= 0.6 is 0 Å². The van der Waals surface area contributed by atoms with Crippen LogP contribution in [-0.2, 0) is 4.74 Å². The van der Waals surface area contributed by atoms with E-state index in [0.717, 1.165) is 5.39 Å². The summed E-state index contributed by atoms with van der Waals surface area (Å²) in [6.07, 6.45) is -0.382. The van der Waals surface area contributed by atoms with Crippen LogP contribution in [0.5, 0.6) is 0 Å². The monoisotopic (exact) mass is 349 g/mol. The van der Waals surface area contributed by atoms with E-state index in [4.69, 9.17) is 4.74 Å². The zero-order valence-electron chi connectivity index (χ0n) is 13.7. The van der Waals surface area contributed by atoms with Crippen LogP contribution in [-0.4, -0.2) is 30.1 Å². The topological polar surface area (TPSA) is 91.5 Å². The average Bonchev–Trinajstić information content (AvgIpc) is 3.07. The number of hydrogen-bond acceptors (Lipinski definition) is 4. The molecule has 1 fully saturated rings. The number of benzene rings is 2. The van der Waals surface area contributed by atoms with Gasteiger partial charge in [0, 0.05) is 22.7 Å². The Balaban J connectivity index is 1.57. The minimum Gasteiger partial charge on any atom is -0.447 e. The maximum Gasteiger partial charge on any atom is 0.414 e. The van der Waals surface area contributed by atoms with Crippen LogP contribution in [0, 0.1) is 0 Å². The Bertz CT molecular complexity index is 1060. The largest absolute Gasteiger partial charge is 0.447 e. The fourth-order valence-electron chi connectivity index (χ4n) is 2.91. The third kappa shape index (κ3) is 2.90. The van der Waals surface area contributed by atoms with Gasteiger partial charge in [0.05, 0.1) is 17.7 Å². The van der Waals surface area contributed by atoms with E-state index in [2.05, 4.69) is 10.3 Å². The van der Waals surface area contributed by atoms with Gasteiger partial charge in [-0.25, -0.2) is 4.79 Å². The number of H-pyrrole nitrogens is 1. The molecule has 3 aromatic rings. The number of amides is 2. The highest BCUT2D eigenvalue weighted by atomic mass is 16.6. The van der Waals surface area contributed by atoms with Crippen molar-refractivity contribution in [1.82, 2.24) is 4.98 Å². The highest BCUT2D eigenvalue weighted by Gasteiger charge is 2.23. The maximum atomic E-state index is 12.5. The van der Waals surface area contributed by atoms with E-state index >= 15 is 0 Å². The van der Waals surface area contributed by atoms with Crippen LogP contribution in [0.25, 0.3) is 10.9 Å². The first-order chi connectivity index (χ1) is 12.6. The standard InChI is InChI=1S/C19H15N3O4/c23-17-9-8-14-15(20-17)2-1-3-16(14)21-18(24)12-4-6-13(7-5-12)22-10-11-26-19(22)25/h1-9H,10-11H2,(H,20,23)(H,21,24). The number of nitrogens with one attached hydrogen (secondary N) is 2. The van der Waals surface area contributed by atoms with Crippen molar-refractivity contribution in [2.45, 2.75) is 0 Å². The van der Waals surface area contributed by atoms with Gasteiger partial charge in [-0.1, -0.05) is 6.07 Å². The van der Waals surface area contributed by atoms with Crippen LogP contribution in [0.1, 0.15) is 10.4 Å². The molecule has 0 radical (unpaired) electrons. The minimum atomic E-state index is -0.382. The summed E-state index contributed by atoms with van der Waals surface area (Å²) in [7, 11) is 0. The summed E-state index contributed by atoms with van der Waals surface area (Å²) in [6, 6.07) is 15.1. The van der Waals surface area contributed by atoms with Gasteiger partial charge in [0.2, 0.25) is 5.56 Å². The first kappa shape index (κ1) is 15.9. The molecule has 7 nitrogen and oxygen atoms in total. The number of aromatic nitrogens is 1. The first-order valence-electron chi connectivity index (χ1n) is 8.09. The molecule has 26 heavy (non-hydrogen) atoms. The summed E-state index contributed by atoms with van der Waals surface area (Å²) in [4.78, 5) is 39.8. The predicted molar refractivity (Wildman–Crippen MR) is 97.7 cm³/mol. The van der Waals surface area contributed by atoms with E-state index in [-0.39, 0.29) is 17.6 Å². The van der Waals surface area contributed by atoms with Crippen molar-refractivity contribution in [2.24, 2.45) is 0 Å². The lowest BCUT2D eigenvalue weighted by atomic mass is 10.1. The molecule has 2 heterocycles. The van der Waals surface area contributed by atoms with Gasteiger partial charge in [0.25, 0.3) is 5.91 Å². The fourth-order valence-corrected chi connectivity index (χ4v) is 2.91. The smallest absolute Gasteiger partial charge is 0.414 e. The number of hydrogen-bond donors (Lipinski definition) is 2. The van der Waals surface area contributed by atoms with E-state index in [1.807, 2.05) is 0 Å². The van der Waals surface area contributed by atoms with E-state index in [9.17, 15) is 14.4 Å². The number of ether oxygens (including phenoxy) is 1. The molecule has 1 saturated heterocycles. The molecule has 2 N–H and O–H groups in total. The summed E-state index contributed by atoms with van der Waals surface area (Å²) < 4.78 is 4.91. The number of nitrogens with zero attached hydrogens (tertiary/aromatic N) is 1. The fraction of sp³-hybridized carbons (Fsp3) is 0.105. The highest BCUT2D eigenvalue weighted by Crippen LogP contribution is 2.23. The van der Waals surface area contributed by atoms with Crippen molar-refractivity contribution in [1.29, 1.82) is 0 Å². The second kappa shape index (κ2) is 6.36. The van der Waals surface area contributed by atoms with Crippen LogP contribution in [0.4, 0.5) is 16.2 Å². The van der Waals surface area contributed by atoms with Crippen LogP contribution in [0.2, 0.25) is 0 Å². The molecule has 0 aliphatic carbocycles. The number of rotatable bonds is 3. The second-order valence-electron chi connectivity index (χ2n) is 5.86. The Kier molecular flexibility index (Phi) is 3.89. The Hall–Kier alpha value is -3.61. The van der Waals surface area contributed by atoms with Crippen molar-refractivity contribution < 1.29 is 14.3 Å². The summed E-state index contributed by atoms with van der Waals surface area (Å²) in [6.45, 7) is 0.864. The van der Waals surface area contributed by atoms with Crippen molar-refractivity contribution in [3.63, 3.8) is 0 Å². The second-order valence-corrected chi connectivity index (χ2v) is 5.86. The van der Waals surface area contributed by atoms with Gasteiger partial charge in [-0.05, 0) is 42.5 Å². The maximum absolute atomic E-state index is 12.5. The van der Waals surface area contributed by atoms with Crippen molar-refractivity contribution in [2.75, 3.05) is 23.4 Å². The van der Waals surface area contributed by atoms with Gasteiger partial charge in [-0.2, -0.15) is 0 Å². The first-order valence-corrected chi connectivity index (χ1v) is 8.09. The number of cyclic esters (lactones) is 1. The molecule has 2 aromatic carbocycles. The molecule has 0 bridgehead atoms. The van der Waals surface area contributed by atoms with Crippen molar-refractivity contribution in [3.8, 4) is 0 Å². The number of anilines is 2. The van der Waals surface area contributed by atoms with Crippen LogP contribution in [0.15, 0.2) is 59.4 Å². The van der Waals surface area contributed by atoms with Gasteiger partial charge < -0.3 is 15.0 Å². The molecule has 1 aliphatic heterocycles. The van der Waals surface area contributed by atoms with E-state index in [1.165, 1.54) is 11.0 Å². The zero-order chi connectivity index (χ0) is 18.1. The van der Waals surface area contributed by atoms with E-state index in [1.54, 1.807) is 48.5 Å². The molecule has 130 valence electrons. The Morgan fingerprint density at radius 3 is 2.58 bits per heavy atom. The number of carbonyl (C=O) groups is 2. The highest BCUT2D eigenvalue weighted by molar-refractivity contribution is 6.08. The van der Waals surface area contributed by atoms with Crippen molar-refractivity contribution in [3.05, 3.63) is 70.5 Å². The van der Waals surface area contributed by atoms with Gasteiger partial charge in [0.15, 0.2) is 0 Å². The molecule has 4 rings (SSSR count). The predicted octanol–water partition coefficient (Wildman–Crippen LogP) is 2.74. The van der Waals surface area contributed by atoms with Crippen LogP contribution < -0.4 is 15.8 Å². The molecule has 0 spiro atoms. The summed E-state index contributed by atoms with van der Waals surface area (Å²) in [5.74, 6) is -0.278. The molecule has 0 atom stereocenters. The van der Waals surface area contributed by atoms with Gasteiger partial charge in [-0.15, -0.1) is 0 Å². The quantitative estimate of drug-likeness (QED) is 0.760. The lowest BCUT2D eigenvalue weighted by Crippen LogP contribution is -2.23. The van der Waals surface area contributed by atoms with E-state index in [0.29, 0.717) is 35.6 Å². The third-order valence-electron chi connectivity index (χ3n) is 4.22. The van der Waals surface area contributed by atoms with Crippen molar-refractivity contribution >= 4 is 34.3 Å². The average molecular weight is 349 g/mol. The number of fused-ring (bicyclic) bond motifs is 1. The Morgan fingerprint density at radius 1 is 1.04 bits per heavy atom. The molecule has 0 saturated carbocycles. The summed E-state index contributed by atoms with van der Waals surface area (Å²) >= 11 is 0.